The second-order valence-electron chi connectivity index (χ2n) is 6.58. The van der Waals surface area contributed by atoms with Gasteiger partial charge in [-0.2, -0.15) is 5.10 Å². The smallest absolute Gasteiger partial charge is 0.274 e. The topological polar surface area (TPSA) is 46.9 Å². The highest BCUT2D eigenvalue weighted by atomic mass is 35.5. The van der Waals surface area contributed by atoms with Crippen LogP contribution in [-0.2, 0) is 6.42 Å². The Kier molecular flexibility index (Phi) is 3.82. The molecule has 0 amide bonds. The maximum Gasteiger partial charge on any atom is 0.274 e. The molecule has 0 aliphatic carbocycles. The highest BCUT2D eigenvalue weighted by molar-refractivity contribution is 6.30. The molecule has 2 heterocycles. The third-order valence-corrected chi connectivity index (χ3v) is 5.05. The molecule has 4 nitrogen and oxygen atoms in total. The van der Waals surface area contributed by atoms with Crippen LogP contribution < -0.4 is 10.9 Å². The maximum atomic E-state index is 13.3. The van der Waals surface area contributed by atoms with Gasteiger partial charge >= 0.3 is 0 Å². The molecule has 1 atom stereocenters. The summed E-state index contributed by atoms with van der Waals surface area (Å²) in [7, 11) is 0. The van der Waals surface area contributed by atoms with E-state index >= 15 is 0 Å². The van der Waals surface area contributed by atoms with Gasteiger partial charge < -0.3 is 5.32 Å². The van der Waals surface area contributed by atoms with Crippen molar-refractivity contribution in [1.29, 1.82) is 0 Å². The summed E-state index contributed by atoms with van der Waals surface area (Å²) in [5, 5.41) is 8.79. The third kappa shape index (κ3) is 3.53. The summed E-state index contributed by atoms with van der Waals surface area (Å²) in [6.07, 6.45) is 2.78. The molecule has 0 bridgehead atoms. The fourth-order valence-corrected chi connectivity index (χ4v) is 3.57. The Balaban J connectivity index is 1.98. The Morgan fingerprint density at radius 2 is 1.92 bits per heavy atom. The molecule has 2 aromatic carbocycles. The molecule has 3 aromatic rings. The quantitative estimate of drug-likeness (QED) is 0.758. The van der Waals surface area contributed by atoms with Crippen molar-refractivity contribution >= 4 is 22.4 Å². The molecule has 5 heteroatoms. The number of rotatable bonds is 3. The molecule has 1 aliphatic heterocycles. The van der Waals surface area contributed by atoms with Gasteiger partial charge in [-0.3, -0.25) is 4.79 Å². The van der Waals surface area contributed by atoms with E-state index in [0.717, 1.165) is 37.9 Å². The van der Waals surface area contributed by atoms with Crippen LogP contribution in [0.3, 0.4) is 0 Å². The zero-order valence-corrected chi connectivity index (χ0v) is 15.1. The molecule has 26 heavy (non-hydrogen) atoms. The van der Waals surface area contributed by atoms with E-state index in [1.165, 1.54) is 4.68 Å². The number of fused-ring (bicyclic) bond motifs is 1. The zero-order valence-electron chi connectivity index (χ0n) is 18.3. The van der Waals surface area contributed by atoms with Gasteiger partial charge in [0.1, 0.15) is 0 Å². The lowest BCUT2D eigenvalue weighted by Crippen LogP contribution is -2.29. The first-order chi connectivity index (χ1) is 14.4. The Labute approximate surface area is 163 Å². The van der Waals surface area contributed by atoms with Crippen LogP contribution in [-0.4, -0.2) is 22.9 Å². The van der Waals surface area contributed by atoms with Crippen LogP contribution in [0.15, 0.2) is 53.2 Å². The number of halogens is 1. The van der Waals surface area contributed by atoms with Crippen LogP contribution in [0.1, 0.15) is 42.0 Å². The predicted octanol–water partition coefficient (Wildman–Crippen LogP) is 3.96. The molecule has 134 valence electrons. The molecular formula is C21H22ClN3O. The Morgan fingerprint density at radius 3 is 2.73 bits per heavy atom. The van der Waals surface area contributed by atoms with Crippen LogP contribution in [0.25, 0.3) is 10.8 Å². The van der Waals surface area contributed by atoms with E-state index in [1.807, 2.05) is 12.1 Å². The summed E-state index contributed by atoms with van der Waals surface area (Å²) < 4.78 is 34.3. The van der Waals surface area contributed by atoms with Crippen molar-refractivity contribution in [2.45, 2.75) is 31.7 Å². The van der Waals surface area contributed by atoms with E-state index in [0.29, 0.717) is 17.1 Å². The largest absolute Gasteiger partial charge is 0.317 e. The highest BCUT2D eigenvalue weighted by Crippen LogP contribution is 2.22. The maximum absolute atomic E-state index is 13.3. The van der Waals surface area contributed by atoms with Crippen molar-refractivity contribution < 1.29 is 5.48 Å². The van der Waals surface area contributed by atoms with E-state index in [9.17, 15) is 4.79 Å². The first-order valence-electron chi connectivity index (χ1n) is 10.9. The summed E-state index contributed by atoms with van der Waals surface area (Å²) in [5.41, 5.74) is 0.910. The molecule has 1 N–H and O–H groups in total. The van der Waals surface area contributed by atoms with E-state index in [2.05, 4.69) is 10.4 Å². The van der Waals surface area contributed by atoms with E-state index in [1.54, 1.807) is 12.1 Å². The molecule has 1 unspecified atom stereocenters. The lowest BCUT2D eigenvalue weighted by Gasteiger charge is -2.18. The van der Waals surface area contributed by atoms with E-state index < -0.39 is 11.6 Å². The third-order valence-electron chi connectivity index (χ3n) is 4.80. The summed E-state index contributed by atoms with van der Waals surface area (Å²) >= 11 is 5.99. The molecule has 0 radical (unpaired) electrons. The second kappa shape index (κ2) is 7.60. The van der Waals surface area contributed by atoms with Crippen LogP contribution in [0.5, 0.6) is 0 Å². The Morgan fingerprint density at radius 1 is 1.15 bits per heavy atom. The van der Waals surface area contributed by atoms with Gasteiger partial charge in [-0.15, -0.1) is 0 Å². The molecule has 0 saturated carbocycles. The summed E-state index contributed by atoms with van der Waals surface area (Å²) in [4.78, 5) is 13.3. The number of nitrogens with one attached hydrogen (secondary N) is 1. The molecule has 1 saturated heterocycles. The second-order valence-corrected chi connectivity index (χ2v) is 7.02. The van der Waals surface area contributed by atoms with Gasteiger partial charge in [0.2, 0.25) is 0 Å². The average Bonchev–Trinajstić information content (AvgIpc) is 3.02. The lowest BCUT2D eigenvalue weighted by molar-refractivity contribution is 0.395. The summed E-state index contributed by atoms with van der Waals surface area (Å²) in [6.45, 7) is 1.66. The Bertz CT molecular complexity index is 1160. The van der Waals surface area contributed by atoms with Gasteiger partial charge in [0.15, 0.2) is 0 Å². The van der Waals surface area contributed by atoms with E-state index in [4.69, 9.17) is 17.1 Å². The van der Waals surface area contributed by atoms with Gasteiger partial charge in [0, 0.05) is 16.8 Å². The molecule has 1 aromatic heterocycles. The van der Waals surface area contributed by atoms with Crippen LogP contribution >= 0.6 is 11.6 Å². The minimum Gasteiger partial charge on any atom is -0.317 e. The molecule has 0 spiro atoms. The van der Waals surface area contributed by atoms with Crippen molar-refractivity contribution in [2.24, 2.45) is 0 Å². The number of aromatic nitrogens is 2. The summed E-state index contributed by atoms with van der Waals surface area (Å²) in [5.74, 6) is 0. The standard InChI is InChI=1S/C21H22ClN3O/c22-16-9-7-15(8-10-16)14-20-18-5-1-2-6-19(18)21(26)25(24-20)17-4-3-12-23-13-11-17/h1-2,5-10,17,23H,3-4,11-14H2/i1D,2D,5D,6D. The minimum atomic E-state index is -0.455. The average molecular weight is 372 g/mol. The van der Waals surface area contributed by atoms with Crippen molar-refractivity contribution in [3.05, 3.63) is 75.1 Å². The SMILES string of the molecule is [2H]c1c([2H])c([2H])c2c(=O)n(C3CCCNCC3)nc(Cc3ccc(Cl)cc3)c2c1[2H]. The fourth-order valence-electron chi connectivity index (χ4n) is 3.44. The first kappa shape index (κ1) is 13.1. The normalized spacial score (nSPS) is 20.1. The van der Waals surface area contributed by atoms with Crippen molar-refractivity contribution in [3.8, 4) is 0 Å². The first-order valence-corrected chi connectivity index (χ1v) is 9.23. The van der Waals surface area contributed by atoms with Crippen LogP contribution in [0, 0.1) is 0 Å². The number of nitrogens with zero attached hydrogens (tertiary/aromatic N) is 2. The van der Waals surface area contributed by atoms with Crippen molar-refractivity contribution in [1.82, 2.24) is 15.1 Å². The van der Waals surface area contributed by atoms with Crippen LogP contribution in [0.2, 0.25) is 5.02 Å². The lowest BCUT2D eigenvalue weighted by atomic mass is 10.0. The van der Waals surface area contributed by atoms with Crippen molar-refractivity contribution in [2.75, 3.05) is 13.1 Å². The molecular weight excluding hydrogens is 346 g/mol. The monoisotopic (exact) mass is 371 g/mol. The Hall–Kier alpha value is -2.17. The van der Waals surface area contributed by atoms with Gasteiger partial charge in [-0.25, -0.2) is 4.68 Å². The highest BCUT2D eigenvalue weighted by Gasteiger charge is 2.19. The van der Waals surface area contributed by atoms with Gasteiger partial charge in [0.25, 0.3) is 5.56 Å². The van der Waals surface area contributed by atoms with Gasteiger partial charge in [-0.05, 0) is 56.1 Å². The summed E-state index contributed by atoms with van der Waals surface area (Å²) in [6, 6.07) is 5.83. The zero-order chi connectivity index (χ0) is 21.4. The number of hydrogen-bond donors (Lipinski definition) is 1. The van der Waals surface area contributed by atoms with Gasteiger partial charge in [-0.1, -0.05) is 41.9 Å². The molecule has 4 rings (SSSR count). The van der Waals surface area contributed by atoms with Crippen molar-refractivity contribution in [3.63, 3.8) is 0 Å². The number of benzene rings is 2. The molecule has 1 fully saturated rings. The fraction of sp³-hybridized carbons (Fsp3) is 0.333. The van der Waals surface area contributed by atoms with Crippen LogP contribution in [0.4, 0.5) is 0 Å². The minimum absolute atomic E-state index is 0.0113. The predicted molar refractivity (Wildman–Crippen MR) is 106 cm³/mol. The van der Waals surface area contributed by atoms with E-state index in [-0.39, 0.29) is 34.9 Å². The number of hydrogen-bond acceptors (Lipinski definition) is 3. The molecule has 1 aliphatic rings. The van der Waals surface area contributed by atoms with Gasteiger partial charge in [0.05, 0.1) is 22.6 Å².